The average molecular weight is 417 g/mol. The Balaban J connectivity index is 4.08. The van der Waals surface area contributed by atoms with Gasteiger partial charge in [0.15, 0.2) is 0 Å². The van der Waals surface area contributed by atoms with Crippen LogP contribution in [0.5, 0.6) is 0 Å². The molecule has 3 N–H and O–H groups in total. The highest BCUT2D eigenvalue weighted by Crippen LogP contribution is 2.17. The van der Waals surface area contributed by atoms with Gasteiger partial charge in [-0.2, -0.15) is 0 Å². The van der Waals surface area contributed by atoms with Gasteiger partial charge in [-0.25, -0.2) is 10.2 Å². The average Bonchev–Trinajstić information content (AvgIpc) is 2.53. The molecule has 1 amide bonds. The number of ether oxygens (including phenoxy) is 1. The van der Waals surface area contributed by atoms with E-state index in [9.17, 15) is 9.90 Å². The second kappa shape index (κ2) is 14.4. The molecule has 6 heteroatoms. The lowest BCUT2D eigenvalue weighted by atomic mass is 10.0. The molecule has 168 valence electrons. The summed E-state index contributed by atoms with van der Waals surface area (Å²) in [6.07, 6.45) is 12.7. The summed E-state index contributed by atoms with van der Waals surface area (Å²) in [5.74, 6) is 0. The molecule has 0 spiro atoms. The van der Waals surface area contributed by atoms with Crippen molar-refractivity contribution in [1.82, 2.24) is 10.9 Å². The van der Waals surface area contributed by atoms with Crippen molar-refractivity contribution >= 4 is 14.2 Å². The first-order valence-electron chi connectivity index (χ1n) is 11.4. The molecule has 0 rings (SSSR count). The topological polar surface area (TPSA) is 70.6 Å². The van der Waals surface area contributed by atoms with E-state index in [1.165, 1.54) is 57.8 Å². The summed E-state index contributed by atoms with van der Waals surface area (Å²) in [5.41, 5.74) is 5.05. The van der Waals surface area contributed by atoms with Gasteiger partial charge in [0.25, 0.3) is 0 Å². The third-order valence-corrected chi connectivity index (χ3v) is 7.29. The fourth-order valence-electron chi connectivity index (χ4n) is 3.34. The van der Waals surface area contributed by atoms with Crippen LogP contribution in [-0.4, -0.2) is 36.6 Å². The van der Waals surface area contributed by atoms with Gasteiger partial charge in [-0.15, -0.1) is 0 Å². The van der Waals surface area contributed by atoms with Crippen LogP contribution in [0, 0.1) is 0 Å². The molecular formula is C22H48N2O3Si. The van der Waals surface area contributed by atoms with E-state index in [0.717, 1.165) is 12.8 Å². The van der Waals surface area contributed by atoms with Crippen LogP contribution < -0.4 is 10.9 Å². The Morgan fingerprint density at radius 2 is 1.39 bits per heavy atom. The Hall–Kier alpha value is -0.593. The second-order valence-electron chi connectivity index (χ2n) is 10.2. The summed E-state index contributed by atoms with van der Waals surface area (Å²) in [6.45, 7) is 14.4. The van der Waals surface area contributed by atoms with Gasteiger partial charge in [0.05, 0.1) is 14.2 Å². The van der Waals surface area contributed by atoms with Crippen molar-refractivity contribution in [2.24, 2.45) is 0 Å². The minimum Gasteiger partial charge on any atom is -0.443 e. The van der Waals surface area contributed by atoms with E-state index in [4.69, 9.17) is 4.74 Å². The Kier molecular flexibility index (Phi) is 14.1. The Bertz CT molecular complexity index is 406. The quantitative estimate of drug-likeness (QED) is 0.176. The van der Waals surface area contributed by atoms with Gasteiger partial charge in [-0.3, -0.25) is 5.43 Å². The molecule has 0 aromatic heterocycles. The molecule has 0 saturated carbocycles. The summed E-state index contributed by atoms with van der Waals surface area (Å²) in [4.78, 5) is 11.9. The highest BCUT2D eigenvalue weighted by molar-refractivity contribution is 6.77. The van der Waals surface area contributed by atoms with E-state index in [-0.39, 0.29) is 5.67 Å². The standard InChI is InChI=1S/C22H48N2O3Si/c1-8-9-10-11-12-13-14-15-16-17-18-19(25)20(28(5,6)7)23-24-21(26)27-22(2,3)4/h19-20,23,25H,8-18H2,1-7H3,(H,24,26)/t19-,20-/m0/s1. The van der Waals surface area contributed by atoms with Crippen molar-refractivity contribution in [2.75, 3.05) is 0 Å². The molecule has 0 aliphatic rings. The van der Waals surface area contributed by atoms with E-state index in [1.54, 1.807) is 0 Å². The molecule has 0 bridgehead atoms. The van der Waals surface area contributed by atoms with Gasteiger partial charge < -0.3 is 9.84 Å². The number of hydrazine groups is 1. The number of aliphatic hydroxyl groups is 1. The first kappa shape index (κ1) is 27.4. The van der Waals surface area contributed by atoms with Crippen LogP contribution in [0.1, 0.15) is 98.3 Å². The maximum absolute atomic E-state index is 11.9. The monoisotopic (exact) mass is 416 g/mol. The maximum atomic E-state index is 11.9. The Morgan fingerprint density at radius 3 is 1.82 bits per heavy atom. The van der Waals surface area contributed by atoms with Crippen LogP contribution in [-0.2, 0) is 4.74 Å². The van der Waals surface area contributed by atoms with Gasteiger partial charge in [-0.05, 0) is 27.2 Å². The SMILES string of the molecule is CCCCCCCCCCCC[C@H](O)[C@@H](NNC(=O)OC(C)(C)C)[Si](C)(C)C. The van der Waals surface area contributed by atoms with E-state index in [1.807, 2.05) is 20.8 Å². The number of amides is 1. The number of unbranched alkanes of at least 4 members (excludes halogenated alkanes) is 9. The van der Waals surface area contributed by atoms with Crippen LogP contribution in [0.25, 0.3) is 0 Å². The van der Waals surface area contributed by atoms with Crippen molar-refractivity contribution in [3.8, 4) is 0 Å². The van der Waals surface area contributed by atoms with Crippen LogP contribution in [0.3, 0.4) is 0 Å². The lowest BCUT2D eigenvalue weighted by molar-refractivity contribution is 0.0470. The molecule has 0 unspecified atom stereocenters. The Morgan fingerprint density at radius 1 is 0.929 bits per heavy atom. The molecule has 0 radical (unpaired) electrons. The third kappa shape index (κ3) is 15.3. The predicted octanol–water partition coefficient (Wildman–Crippen LogP) is 5.93. The summed E-state index contributed by atoms with van der Waals surface area (Å²) < 4.78 is 5.27. The van der Waals surface area contributed by atoms with Crippen molar-refractivity contribution in [2.45, 2.75) is 135 Å². The zero-order valence-electron chi connectivity index (χ0n) is 19.7. The normalized spacial score (nSPS) is 14.6. The number of aliphatic hydroxyl groups excluding tert-OH is 1. The number of carbonyl (C=O) groups is 1. The van der Waals surface area contributed by atoms with E-state index < -0.39 is 25.9 Å². The lowest BCUT2D eigenvalue weighted by Crippen LogP contribution is -2.61. The zero-order valence-corrected chi connectivity index (χ0v) is 20.7. The molecule has 0 saturated heterocycles. The van der Waals surface area contributed by atoms with Crippen molar-refractivity contribution in [1.29, 1.82) is 0 Å². The highest BCUT2D eigenvalue weighted by Gasteiger charge is 2.33. The molecular weight excluding hydrogens is 368 g/mol. The van der Waals surface area contributed by atoms with Crippen molar-refractivity contribution < 1.29 is 14.6 Å². The Labute approximate surface area is 175 Å². The second-order valence-corrected chi connectivity index (χ2v) is 15.5. The lowest BCUT2D eigenvalue weighted by Gasteiger charge is -2.34. The maximum Gasteiger partial charge on any atom is 0.422 e. The van der Waals surface area contributed by atoms with Gasteiger partial charge in [0, 0.05) is 5.67 Å². The summed E-state index contributed by atoms with van der Waals surface area (Å²) in [7, 11) is -1.70. The number of carbonyl (C=O) groups excluding carboxylic acids is 1. The van der Waals surface area contributed by atoms with Crippen LogP contribution >= 0.6 is 0 Å². The molecule has 28 heavy (non-hydrogen) atoms. The first-order chi connectivity index (χ1) is 13.0. The fourth-order valence-corrected chi connectivity index (χ4v) is 5.16. The number of nitrogens with one attached hydrogen (secondary N) is 2. The van der Waals surface area contributed by atoms with Gasteiger partial charge >= 0.3 is 6.09 Å². The van der Waals surface area contributed by atoms with Crippen molar-refractivity contribution in [3.63, 3.8) is 0 Å². The fraction of sp³-hybridized carbons (Fsp3) is 0.955. The van der Waals surface area contributed by atoms with Gasteiger partial charge in [-0.1, -0.05) is 90.8 Å². The first-order valence-corrected chi connectivity index (χ1v) is 15.0. The minimum atomic E-state index is -1.70. The number of hydrogen-bond donors (Lipinski definition) is 3. The molecule has 0 aromatic carbocycles. The van der Waals surface area contributed by atoms with E-state index >= 15 is 0 Å². The zero-order chi connectivity index (χ0) is 21.6. The summed E-state index contributed by atoms with van der Waals surface area (Å²) in [5, 5.41) is 10.7. The smallest absolute Gasteiger partial charge is 0.422 e. The predicted molar refractivity (Wildman–Crippen MR) is 122 cm³/mol. The molecule has 0 fully saturated rings. The van der Waals surface area contributed by atoms with Crippen LogP contribution in [0.15, 0.2) is 0 Å². The van der Waals surface area contributed by atoms with E-state index in [0.29, 0.717) is 0 Å². The van der Waals surface area contributed by atoms with E-state index in [2.05, 4.69) is 37.4 Å². The number of hydrogen-bond acceptors (Lipinski definition) is 4. The summed E-state index contributed by atoms with van der Waals surface area (Å²) in [6, 6.07) is 0. The minimum absolute atomic E-state index is 0.0985. The molecule has 0 aliphatic carbocycles. The van der Waals surface area contributed by atoms with Crippen molar-refractivity contribution in [3.05, 3.63) is 0 Å². The highest BCUT2D eigenvalue weighted by atomic mass is 28.3. The van der Waals surface area contributed by atoms with Gasteiger partial charge in [0.1, 0.15) is 5.60 Å². The number of rotatable bonds is 15. The largest absolute Gasteiger partial charge is 0.443 e. The molecule has 5 nitrogen and oxygen atoms in total. The van der Waals surface area contributed by atoms with Gasteiger partial charge in [0.2, 0.25) is 0 Å². The molecule has 0 aliphatic heterocycles. The molecule has 0 aromatic rings. The summed E-state index contributed by atoms with van der Waals surface area (Å²) >= 11 is 0. The third-order valence-electron chi connectivity index (χ3n) is 4.90. The van der Waals surface area contributed by atoms with Crippen LogP contribution in [0.4, 0.5) is 4.79 Å². The molecule has 2 atom stereocenters. The molecule has 0 heterocycles. The van der Waals surface area contributed by atoms with Crippen LogP contribution in [0.2, 0.25) is 19.6 Å².